The first-order valence-corrected chi connectivity index (χ1v) is 27.5. The van der Waals surface area contributed by atoms with Gasteiger partial charge in [-0.3, -0.25) is 0 Å². The quantitative estimate of drug-likeness (QED) is 0.0337. The Hall–Kier alpha value is -9.23. The summed E-state index contributed by atoms with van der Waals surface area (Å²) in [5, 5.41) is 14.7. The highest BCUT2D eigenvalue weighted by Gasteiger charge is 2.53. The molecule has 12 rings (SSSR count). The van der Waals surface area contributed by atoms with Crippen LogP contribution in [0.25, 0.3) is 43.1 Å². The summed E-state index contributed by atoms with van der Waals surface area (Å²) in [5.41, 5.74) is -12.9. The van der Waals surface area contributed by atoms with Gasteiger partial charge in [0.25, 0.3) is 0 Å². The Morgan fingerprint density at radius 1 is 0.218 bits per heavy atom. The van der Waals surface area contributed by atoms with E-state index in [0.29, 0.717) is 0 Å². The summed E-state index contributed by atoms with van der Waals surface area (Å²) in [6.45, 7) is 0. The van der Waals surface area contributed by atoms with Gasteiger partial charge < -0.3 is 0 Å². The molecule has 0 aliphatic carbocycles. The molecule has 0 radical (unpaired) electrons. The van der Waals surface area contributed by atoms with E-state index in [2.05, 4.69) is 170 Å². The Morgan fingerprint density at radius 2 is 0.414 bits per heavy atom. The third-order valence-electron chi connectivity index (χ3n) is 15.5. The van der Waals surface area contributed by atoms with Gasteiger partial charge in [0.05, 0.1) is 6.16 Å². The molecule has 0 saturated heterocycles. The molecule has 0 atom stereocenters. The molecule has 0 spiro atoms. The number of hydrogen-bond acceptors (Lipinski definition) is 0. The monoisotopic (exact) mass is 1230 g/mol. The molecule has 0 bridgehead atoms. The molecule has 0 saturated carbocycles. The number of rotatable bonds is 9. The first-order chi connectivity index (χ1) is 41.5. The van der Waals surface area contributed by atoms with Crippen molar-refractivity contribution in [1.29, 1.82) is 0 Å². The molecule has 0 amide bonds. The van der Waals surface area contributed by atoms with Crippen LogP contribution in [-0.2, 0) is 6.16 Å². The van der Waals surface area contributed by atoms with Crippen molar-refractivity contribution >= 4 is 94.3 Å². The first kappa shape index (κ1) is 59.5. The maximum atomic E-state index is 15.4. The number of halogens is 20. The van der Waals surface area contributed by atoms with Gasteiger partial charge in [-0.05, 0) is 110 Å². The van der Waals surface area contributed by atoms with Crippen molar-refractivity contribution in [2.75, 3.05) is 0 Å². The summed E-state index contributed by atoms with van der Waals surface area (Å²) in [6, 6.07) is 63.4. The van der Waals surface area contributed by atoms with Crippen LogP contribution in [-0.4, -0.2) is 6.15 Å². The highest BCUT2D eigenvalue weighted by atomic mass is 31.2. The lowest BCUT2D eigenvalue weighted by Crippen LogP contribution is -2.81. The van der Waals surface area contributed by atoms with Crippen molar-refractivity contribution in [2.45, 2.75) is 6.16 Å². The summed E-state index contributed by atoms with van der Waals surface area (Å²) >= 11 is 0. The van der Waals surface area contributed by atoms with E-state index in [-0.39, 0.29) is 0 Å². The average molecular weight is 1230 g/mol. The predicted molar refractivity (Wildman–Crippen MR) is 295 cm³/mol. The summed E-state index contributed by atoms with van der Waals surface area (Å²) in [5.74, 6) is -71.4. The normalized spacial score (nSPS) is 12.0. The lowest BCUT2D eigenvalue weighted by atomic mass is 9.12. The summed E-state index contributed by atoms with van der Waals surface area (Å²) in [6.07, 6.45) is -6.28. The predicted octanol–water partition coefficient (Wildman–Crippen LogP) is 15.6. The van der Waals surface area contributed by atoms with E-state index in [0.717, 1.165) is 6.16 Å². The van der Waals surface area contributed by atoms with Gasteiger partial charge in [-0.1, -0.05) is 103 Å². The minimum Gasteiger partial charge on any atom is -0.207 e. The zero-order valence-corrected chi connectivity index (χ0v) is 44.4. The second-order valence-electron chi connectivity index (χ2n) is 20.0. The second kappa shape index (κ2) is 22.6. The molecule has 12 aromatic carbocycles. The Bertz CT molecular complexity index is 4210. The molecular formula is C65H30BF20P. The van der Waals surface area contributed by atoms with Gasteiger partial charge in [-0.2, -0.15) is 0 Å². The van der Waals surface area contributed by atoms with E-state index in [1.807, 2.05) is 0 Å². The van der Waals surface area contributed by atoms with Crippen LogP contribution in [0.15, 0.2) is 170 Å². The Kier molecular flexibility index (Phi) is 15.4. The van der Waals surface area contributed by atoms with Gasteiger partial charge in [0.15, 0.2) is 69.8 Å². The van der Waals surface area contributed by atoms with E-state index in [1.54, 1.807) is 0 Å². The smallest absolute Gasteiger partial charge is 0.200 e. The zero-order chi connectivity index (χ0) is 62.3. The topological polar surface area (TPSA) is 0 Å². The van der Waals surface area contributed by atoms with Gasteiger partial charge in [-0.25, -0.2) is 87.8 Å². The number of hydrogen-bond donors (Lipinski definition) is 0. The van der Waals surface area contributed by atoms with Crippen LogP contribution in [0.5, 0.6) is 0 Å². The Labute approximate surface area is 478 Å². The van der Waals surface area contributed by atoms with Crippen molar-refractivity contribution in [3.8, 4) is 0 Å². The fraction of sp³-hybridized carbons (Fsp3) is 0.0154. The van der Waals surface area contributed by atoms with Crippen LogP contribution in [0.1, 0.15) is 5.56 Å². The molecular weight excluding hydrogens is 1200 g/mol. The zero-order valence-electron chi connectivity index (χ0n) is 43.5. The fourth-order valence-electron chi connectivity index (χ4n) is 11.6. The molecule has 0 nitrogen and oxygen atoms in total. The van der Waals surface area contributed by atoms with Crippen molar-refractivity contribution < 1.29 is 87.8 Å². The lowest BCUT2D eigenvalue weighted by Gasteiger charge is -2.44. The van der Waals surface area contributed by atoms with Crippen molar-refractivity contribution in [3.05, 3.63) is 292 Å². The molecule has 0 heterocycles. The largest absolute Gasteiger partial charge is 0.207 e. The summed E-state index contributed by atoms with van der Waals surface area (Å²) < 4.78 is 294. The molecule has 87 heavy (non-hydrogen) atoms. The van der Waals surface area contributed by atoms with Crippen LogP contribution in [0.4, 0.5) is 87.8 Å². The van der Waals surface area contributed by atoms with Gasteiger partial charge in [-0.15, -0.1) is 21.9 Å². The highest BCUT2D eigenvalue weighted by molar-refractivity contribution is 7.95. The molecule has 22 heteroatoms. The molecule has 0 unspecified atom stereocenters. The van der Waals surface area contributed by atoms with Gasteiger partial charge in [0.2, 0.25) is 0 Å². The van der Waals surface area contributed by atoms with Crippen LogP contribution >= 0.6 is 7.26 Å². The Morgan fingerprint density at radius 3 is 0.655 bits per heavy atom. The van der Waals surface area contributed by atoms with E-state index in [4.69, 9.17) is 0 Å². The number of fused-ring (bicyclic) bond motifs is 4. The van der Waals surface area contributed by atoms with E-state index in [9.17, 15) is 52.7 Å². The van der Waals surface area contributed by atoms with Crippen LogP contribution < -0.4 is 37.8 Å². The van der Waals surface area contributed by atoms with Crippen LogP contribution in [0.2, 0.25) is 0 Å². The van der Waals surface area contributed by atoms with E-state index < -0.39 is 152 Å². The minimum atomic E-state index is -7.22. The van der Waals surface area contributed by atoms with Crippen molar-refractivity contribution in [3.63, 3.8) is 0 Å². The molecule has 0 aliphatic heterocycles. The third-order valence-corrected chi connectivity index (χ3v) is 19.8. The van der Waals surface area contributed by atoms with Crippen molar-refractivity contribution in [1.82, 2.24) is 0 Å². The molecule has 0 aromatic heterocycles. The van der Waals surface area contributed by atoms with Gasteiger partial charge in [0.1, 0.15) is 75.9 Å². The molecule has 0 fully saturated rings. The van der Waals surface area contributed by atoms with Crippen LogP contribution in [0.3, 0.4) is 0 Å². The van der Waals surface area contributed by atoms with E-state index in [1.165, 1.54) is 64.6 Å². The SMILES string of the molecule is Fc1c(F)c(F)c([B-](c2c(F)c(F)c(F)c(F)c2F)(c2c(F)c(F)c(F)c(F)c2F)c2c(F)c(F)c(F)c(F)c2F)c(F)c1F.c1ccc([P+](Cc2c3cc4ccccc4cc3cc3cc4ccccc4cc23)(c2ccccc2)c2ccccc2)cc1. The Balaban J connectivity index is 0.000000180. The highest BCUT2D eigenvalue weighted by Crippen LogP contribution is 2.59. The maximum Gasteiger partial charge on any atom is 0.200 e. The number of benzene rings is 12. The molecule has 0 N–H and O–H groups in total. The van der Waals surface area contributed by atoms with Crippen molar-refractivity contribution in [2.24, 2.45) is 0 Å². The van der Waals surface area contributed by atoms with Gasteiger partial charge >= 0.3 is 0 Å². The second-order valence-corrected chi connectivity index (χ2v) is 23.5. The van der Waals surface area contributed by atoms with Crippen LogP contribution in [0, 0.1) is 116 Å². The lowest BCUT2D eigenvalue weighted by molar-refractivity contribution is 0.378. The average Bonchev–Trinajstić information content (AvgIpc) is 0.705. The fourth-order valence-corrected chi connectivity index (χ4v) is 15.9. The van der Waals surface area contributed by atoms with Gasteiger partial charge in [0, 0.05) is 5.56 Å². The maximum absolute atomic E-state index is 15.4. The first-order valence-electron chi connectivity index (χ1n) is 25.5. The molecule has 0 aliphatic rings. The van der Waals surface area contributed by atoms with E-state index >= 15 is 35.1 Å². The summed E-state index contributed by atoms with van der Waals surface area (Å²) in [4.78, 5) is 0. The standard InChI is InChI=1S/C41H30P.C24BF20/c1-4-18-36(19-5-1)42(37-20-6-2-7-21-37,38-22-8-3-9-23-38)29-41-39-27-32-16-12-10-14-30(32)24-34(39)26-35-25-31-15-11-13-17-33(31)28-40(35)41;26-5-1(6(27)14(35)21(42)13(5)34)25(2-7(28)15(36)22(43)16(37)8(2)29,3-9(30)17(38)23(44)18(39)10(3)31)4-11(32)19(40)24(45)20(41)12(4)33/h1-28H,29H2;/q+1;-1. The summed E-state index contributed by atoms with van der Waals surface area (Å²) in [7, 11) is -2.10. The molecule has 438 valence electrons. The third kappa shape index (κ3) is 9.22. The minimum absolute atomic E-state index is 0.940. The molecule has 12 aromatic rings.